The van der Waals surface area contributed by atoms with Gasteiger partial charge in [0, 0.05) is 24.2 Å². The minimum atomic E-state index is -0.642. The Balaban J connectivity index is 1.34. The second-order valence-electron chi connectivity index (χ2n) is 12.0. The van der Waals surface area contributed by atoms with Gasteiger partial charge in [-0.15, -0.1) is 0 Å². The first-order valence-electron chi connectivity index (χ1n) is 12.7. The van der Waals surface area contributed by atoms with Crippen LogP contribution in [0.25, 0.3) is 0 Å². The summed E-state index contributed by atoms with van der Waals surface area (Å²) in [6.07, 6.45) is 6.03. The fourth-order valence-corrected chi connectivity index (χ4v) is 9.65. The molecule has 6 rings (SSSR count). The van der Waals surface area contributed by atoms with Gasteiger partial charge in [0.2, 0.25) is 0 Å². The summed E-state index contributed by atoms with van der Waals surface area (Å²) in [4.78, 5) is 0. The fraction of sp³-hybridized carbons (Fsp3) is 0.960. The molecule has 6 fully saturated rings. The number of fused-ring (bicyclic) bond motifs is 5. The largest absolute Gasteiger partial charge is 0.411 e. The van der Waals surface area contributed by atoms with E-state index in [9.17, 15) is 10.3 Å². The van der Waals surface area contributed by atoms with Crippen LogP contribution in [0.1, 0.15) is 65.7 Å². The van der Waals surface area contributed by atoms with Crippen LogP contribution in [0.3, 0.4) is 0 Å². The van der Waals surface area contributed by atoms with Crippen molar-refractivity contribution in [3.63, 3.8) is 0 Å². The maximum absolute atomic E-state index is 11.8. The van der Waals surface area contributed by atoms with Crippen LogP contribution in [0.2, 0.25) is 0 Å². The number of oxime groups is 1. The molecule has 0 aromatic carbocycles. The van der Waals surface area contributed by atoms with Crippen molar-refractivity contribution >= 4 is 5.71 Å². The minimum Gasteiger partial charge on any atom is -0.411 e. The number of aliphatic hydroxyl groups is 1. The Hall–Kier alpha value is -0.730. The van der Waals surface area contributed by atoms with Crippen molar-refractivity contribution in [3.05, 3.63) is 0 Å². The zero-order chi connectivity index (χ0) is 22.4. The van der Waals surface area contributed by atoms with Crippen molar-refractivity contribution in [2.45, 2.75) is 83.4 Å². The molecule has 4 saturated carbocycles. The normalized spacial score (nSPS) is 52.7. The average molecular weight is 450 g/mol. The molecule has 2 saturated heterocycles. The molecular formula is C25H39NO6. The van der Waals surface area contributed by atoms with E-state index in [2.05, 4.69) is 25.9 Å². The molecule has 0 amide bonds. The van der Waals surface area contributed by atoms with Gasteiger partial charge in [-0.2, -0.15) is 0 Å². The summed E-state index contributed by atoms with van der Waals surface area (Å²) in [7, 11) is 0. The maximum atomic E-state index is 11.8. The Kier molecular flexibility index (Phi) is 4.86. The molecule has 7 nitrogen and oxygen atoms in total. The topological polar surface area (TPSA) is 89.7 Å². The molecule has 180 valence electrons. The predicted octanol–water partition coefficient (Wildman–Crippen LogP) is 3.56. The molecule has 4 aliphatic carbocycles. The van der Waals surface area contributed by atoms with Crippen molar-refractivity contribution in [3.8, 4) is 0 Å². The summed E-state index contributed by atoms with van der Waals surface area (Å²) in [6.45, 7) is 9.23. The molecule has 2 N–H and O–H groups in total. The molecule has 6 aliphatic rings. The summed E-state index contributed by atoms with van der Waals surface area (Å²) in [5.41, 5.74) is 0.422. The molecule has 7 heteroatoms. The monoisotopic (exact) mass is 449 g/mol. The maximum Gasteiger partial charge on any atom is 0.174 e. The molecule has 32 heavy (non-hydrogen) atoms. The molecule has 0 unspecified atom stereocenters. The van der Waals surface area contributed by atoms with Crippen LogP contribution in [-0.2, 0) is 18.9 Å². The van der Waals surface area contributed by atoms with Gasteiger partial charge in [0.15, 0.2) is 11.6 Å². The highest BCUT2D eigenvalue weighted by molar-refractivity contribution is 5.92. The first kappa shape index (κ1) is 21.8. The van der Waals surface area contributed by atoms with Crippen LogP contribution in [0.4, 0.5) is 0 Å². The van der Waals surface area contributed by atoms with Crippen molar-refractivity contribution in [1.82, 2.24) is 0 Å². The SMILES string of the molecule is CC1([C@@H]2CC[C@@H]3[C@H]4CC[C@H]5CC6(C/C(=N\O)[C@]5(C)[C@@H]4[C@H](O)C[C@@]32C)OCCO6)OCCO1. The first-order chi connectivity index (χ1) is 15.3. The number of aliphatic hydroxyl groups excluding tert-OH is 1. The predicted molar refractivity (Wildman–Crippen MR) is 116 cm³/mol. The standard InChI is InChI=1S/C25H39NO6/c1-22-13-18(27)21-16(17(22)6-7-19(22)24(3)29-8-9-30-24)5-4-15-12-25(31-10-11-32-25)14-20(26-28)23(15,21)2/h15-19,21,27-28H,4-14H2,1-3H3/b26-20+/t15-,16+,17+,18+,19+,21-,22-,23+/m0/s1. The van der Waals surface area contributed by atoms with Gasteiger partial charge in [0.1, 0.15) is 0 Å². The van der Waals surface area contributed by atoms with Crippen LogP contribution in [0.5, 0.6) is 0 Å². The summed E-state index contributed by atoms with van der Waals surface area (Å²) in [5, 5.41) is 25.7. The van der Waals surface area contributed by atoms with Gasteiger partial charge in [0.25, 0.3) is 0 Å². The molecular weight excluding hydrogens is 410 g/mol. The van der Waals surface area contributed by atoms with Gasteiger partial charge in [-0.05, 0) is 68.1 Å². The summed E-state index contributed by atoms with van der Waals surface area (Å²) >= 11 is 0. The second-order valence-corrected chi connectivity index (χ2v) is 12.0. The van der Waals surface area contributed by atoms with Crippen LogP contribution < -0.4 is 0 Å². The number of rotatable bonds is 1. The van der Waals surface area contributed by atoms with Gasteiger partial charge in [-0.3, -0.25) is 0 Å². The van der Waals surface area contributed by atoms with Gasteiger partial charge in [0.05, 0.1) is 38.2 Å². The lowest BCUT2D eigenvalue weighted by molar-refractivity contribution is -0.233. The van der Waals surface area contributed by atoms with E-state index in [0.717, 1.165) is 44.2 Å². The van der Waals surface area contributed by atoms with Crippen LogP contribution in [-0.4, -0.2) is 60.1 Å². The highest BCUT2D eigenvalue weighted by atomic mass is 16.7. The number of ether oxygens (including phenoxy) is 4. The van der Waals surface area contributed by atoms with Gasteiger partial charge < -0.3 is 29.3 Å². The Bertz CT molecular complexity index is 789. The van der Waals surface area contributed by atoms with E-state index in [-0.39, 0.29) is 22.7 Å². The van der Waals surface area contributed by atoms with Crippen molar-refractivity contribution in [1.29, 1.82) is 0 Å². The first-order valence-corrected chi connectivity index (χ1v) is 12.7. The molecule has 2 aliphatic heterocycles. The van der Waals surface area contributed by atoms with Gasteiger partial charge in [-0.25, -0.2) is 0 Å². The van der Waals surface area contributed by atoms with E-state index in [1.807, 2.05) is 0 Å². The second kappa shape index (κ2) is 7.14. The van der Waals surface area contributed by atoms with E-state index < -0.39 is 17.7 Å². The van der Waals surface area contributed by atoms with E-state index in [4.69, 9.17) is 18.9 Å². The summed E-state index contributed by atoms with van der Waals surface area (Å²) in [6, 6.07) is 0. The third-order valence-electron chi connectivity index (χ3n) is 10.9. The van der Waals surface area contributed by atoms with E-state index >= 15 is 0 Å². The zero-order valence-electron chi connectivity index (χ0n) is 19.7. The van der Waals surface area contributed by atoms with Gasteiger partial charge in [-0.1, -0.05) is 19.0 Å². The molecule has 8 atom stereocenters. The molecule has 0 bridgehead atoms. The molecule has 0 aromatic rings. The fourth-order valence-electron chi connectivity index (χ4n) is 9.65. The van der Waals surface area contributed by atoms with Crippen LogP contribution >= 0.6 is 0 Å². The zero-order valence-corrected chi connectivity index (χ0v) is 19.7. The number of nitrogens with zero attached hydrogens (tertiary/aromatic N) is 1. The Morgan fingerprint density at radius 2 is 1.56 bits per heavy atom. The van der Waals surface area contributed by atoms with E-state index in [1.165, 1.54) is 0 Å². The molecule has 2 heterocycles. The molecule has 1 spiro atoms. The van der Waals surface area contributed by atoms with Crippen LogP contribution in [0.15, 0.2) is 5.16 Å². The lowest BCUT2D eigenvalue weighted by atomic mass is 9.43. The molecule has 0 aromatic heterocycles. The average Bonchev–Trinajstić information content (AvgIpc) is 3.47. The number of hydrogen-bond donors (Lipinski definition) is 2. The summed E-state index contributed by atoms with van der Waals surface area (Å²) in [5.74, 6) is 0.441. The van der Waals surface area contributed by atoms with Gasteiger partial charge >= 0.3 is 0 Å². The highest BCUT2D eigenvalue weighted by Gasteiger charge is 2.68. The quantitative estimate of drug-likeness (QED) is 0.470. The summed E-state index contributed by atoms with van der Waals surface area (Å²) < 4.78 is 24.3. The third-order valence-corrected chi connectivity index (χ3v) is 10.9. The number of hydrogen-bond acceptors (Lipinski definition) is 7. The molecule has 0 radical (unpaired) electrons. The lowest BCUT2D eigenvalue weighted by Gasteiger charge is -2.63. The van der Waals surface area contributed by atoms with E-state index in [1.54, 1.807) is 0 Å². The van der Waals surface area contributed by atoms with Crippen molar-refractivity contribution in [2.75, 3.05) is 26.4 Å². The van der Waals surface area contributed by atoms with Crippen molar-refractivity contribution < 1.29 is 29.3 Å². The van der Waals surface area contributed by atoms with Crippen molar-refractivity contribution in [2.24, 2.45) is 45.6 Å². The Labute approximate surface area is 190 Å². The Morgan fingerprint density at radius 1 is 0.875 bits per heavy atom. The Morgan fingerprint density at radius 3 is 2.25 bits per heavy atom. The highest BCUT2D eigenvalue weighted by Crippen LogP contribution is 2.69. The third kappa shape index (κ3) is 2.75. The van der Waals surface area contributed by atoms with Crippen LogP contribution in [0, 0.1) is 40.4 Å². The lowest BCUT2D eigenvalue weighted by Crippen LogP contribution is -2.64. The van der Waals surface area contributed by atoms with E-state index in [0.29, 0.717) is 50.6 Å². The minimum absolute atomic E-state index is 0.00699. The smallest absolute Gasteiger partial charge is 0.174 e.